The quantitative estimate of drug-likeness (QED) is 0.663. The van der Waals surface area contributed by atoms with Crippen molar-refractivity contribution in [2.75, 3.05) is 24.3 Å². The Hall–Kier alpha value is -3.14. The molecule has 0 saturated carbocycles. The van der Waals surface area contributed by atoms with Gasteiger partial charge in [-0.25, -0.2) is 12.8 Å². The number of ether oxygens (including phenoxy) is 3. The molecule has 0 saturated heterocycles. The maximum Gasteiger partial charge on any atom is 0.307 e. The van der Waals surface area contributed by atoms with Gasteiger partial charge in [0.1, 0.15) is 19.0 Å². The molecule has 0 fully saturated rings. The highest BCUT2D eigenvalue weighted by atomic mass is 32.2. The Bertz CT molecular complexity index is 1050. The summed E-state index contributed by atoms with van der Waals surface area (Å²) in [7, 11) is -3.79. The van der Waals surface area contributed by atoms with Crippen molar-refractivity contribution in [3.63, 3.8) is 0 Å². The number of hydrogen-bond donors (Lipinski definition) is 1. The van der Waals surface area contributed by atoms with Crippen molar-refractivity contribution >= 4 is 27.4 Å². The average Bonchev–Trinajstić information content (AvgIpc) is 2.73. The number of nitrogens with one attached hydrogen (secondary N) is 1. The summed E-state index contributed by atoms with van der Waals surface area (Å²) in [5.74, 6) is -1.96. The zero-order valence-electron chi connectivity index (χ0n) is 16.1. The van der Waals surface area contributed by atoms with Gasteiger partial charge in [0.15, 0.2) is 27.4 Å². The number of amides is 1. The normalized spacial score (nSPS) is 13.9. The van der Waals surface area contributed by atoms with Crippen LogP contribution in [0, 0.1) is 5.82 Å². The Morgan fingerprint density at radius 1 is 1.13 bits per heavy atom. The Labute approximate surface area is 172 Å². The van der Waals surface area contributed by atoms with E-state index in [1.165, 1.54) is 49.4 Å². The minimum absolute atomic E-state index is 0.00936. The van der Waals surface area contributed by atoms with Gasteiger partial charge in [-0.1, -0.05) is 12.1 Å². The van der Waals surface area contributed by atoms with Crippen LogP contribution in [0.3, 0.4) is 0 Å². The lowest BCUT2D eigenvalue weighted by molar-refractivity contribution is -0.152. The van der Waals surface area contributed by atoms with E-state index in [0.717, 1.165) is 0 Å². The molecule has 160 valence electrons. The van der Waals surface area contributed by atoms with Crippen LogP contribution in [0.5, 0.6) is 11.5 Å². The monoisotopic (exact) mass is 437 g/mol. The largest absolute Gasteiger partial charge is 0.486 e. The topological polar surface area (TPSA) is 108 Å². The van der Waals surface area contributed by atoms with Gasteiger partial charge < -0.3 is 19.5 Å². The molecule has 0 aliphatic carbocycles. The van der Waals surface area contributed by atoms with Crippen LogP contribution in [0.2, 0.25) is 0 Å². The third-order valence-corrected chi connectivity index (χ3v) is 5.97. The molecule has 2 aromatic rings. The van der Waals surface area contributed by atoms with Crippen LogP contribution in [-0.4, -0.2) is 45.4 Å². The van der Waals surface area contributed by atoms with Gasteiger partial charge in [0.05, 0.1) is 22.8 Å². The van der Waals surface area contributed by atoms with Crippen molar-refractivity contribution in [3.05, 3.63) is 48.3 Å². The fraction of sp³-hybridized carbons (Fsp3) is 0.300. The maximum atomic E-state index is 13.6. The van der Waals surface area contributed by atoms with Crippen LogP contribution in [-0.2, 0) is 24.2 Å². The van der Waals surface area contributed by atoms with Gasteiger partial charge >= 0.3 is 5.97 Å². The van der Waals surface area contributed by atoms with E-state index in [1.807, 2.05) is 0 Å². The first-order valence-corrected chi connectivity index (χ1v) is 10.8. The summed E-state index contributed by atoms with van der Waals surface area (Å²) < 4.78 is 54.3. The van der Waals surface area contributed by atoms with Crippen molar-refractivity contribution in [2.24, 2.45) is 0 Å². The van der Waals surface area contributed by atoms with Crippen molar-refractivity contribution in [1.29, 1.82) is 0 Å². The Balaban J connectivity index is 1.54. The first kappa shape index (κ1) is 21.6. The van der Waals surface area contributed by atoms with Crippen LogP contribution >= 0.6 is 0 Å². The molecule has 0 spiro atoms. The predicted molar refractivity (Wildman–Crippen MR) is 105 cm³/mol. The third-order valence-electron chi connectivity index (χ3n) is 4.26. The molecular weight excluding hydrogens is 417 g/mol. The smallest absolute Gasteiger partial charge is 0.307 e. The number of carbonyl (C=O) groups is 2. The number of rotatable bonds is 7. The summed E-state index contributed by atoms with van der Waals surface area (Å²) in [6.07, 6.45) is -1.68. The van der Waals surface area contributed by atoms with Crippen molar-refractivity contribution in [3.8, 4) is 11.5 Å². The van der Waals surface area contributed by atoms with Crippen molar-refractivity contribution in [1.82, 2.24) is 0 Å². The van der Waals surface area contributed by atoms with Crippen LogP contribution in [0.1, 0.15) is 13.3 Å². The van der Waals surface area contributed by atoms with Gasteiger partial charge in [0, 0.05) is 6.07 Å². The number of hydrogen-bond acceptors (Lipinski definition) is 7. The van der Waals surface area contributed by atoms with Gasteiger partial charge in [-0.15, -0.1) is 0 Å². The third kappa shape index (κ3) is 5.26. The van der Waals surface area contributed by atoms with Gasteiger partial charge in [-0.2, -0.15) is 0 Å². The molecule has 0 aromatic heterocycles. The molecule has 1 aliphatic rings. The van der Waals surface area contributed by atoms with E-state index >= 15 is 0 Å². The summed E-state index contributed by atoms with van der Waals surface area (Å²) in [5, 5.41) is 2.31. The summed E-state index contributed by atoms with van der Waals surface area (Å²) >= 11 is 0. The zero-order chi connectivity index (χ0) is 21.7. The van der Waals surface area contributed by atoms with E-state index in [1.54, 1.807) is 0 Å². The molecule has 3 rings (SSSR count). The maximum absolute atomic E-state index is 13.6. The second-order valence-corrected chi connectivity index (χ2v) is 8.58. The first-order valence-electron chi connectivity index (χ1n) is 9.13. The lowest BCUT2D eigenvalue weighted by Gasteiger charge is -2.18. The standard InChI is InChI=1S/C20H20FNO7S/c1-13(20(24)22-16-5-3-2-4-15(16)21)29-19(23)8-11-30(25,26)14-6-7-17-18(12-14)28-10-9-27-17/h2-7,12-13H,8-11H2,1H3,(H,22,24). The van der Waals surface area contributed by atoms with Crippen LogP contribution < -0.4 is 14.8 Å². The fourth-order valence-electron chi connectivity index (χ4n) is 2.66. The highest BCUT2D eigenvalue weighted by Gasteiger charge is 2.23. The van der Waals surface area contributed by atoms with E-state index in [4.69, 9.17) is 14.2 Å². The SMILES string of the molecule is CC(OC(=O)CCS(=O)(=O)c1ccc2c(c1)OCCO2)C(=O)Nc1ccccc1F. The molecule has 2 aromatic carbocycles. The Morgan fingerprint density at radius 3 is 2.57 bits per heavy atom. The van der Waals surface area contributed by atoms with E-state index in [-0.39, 0.29) is 10.6 Å². The number of anilines is 1. The van der Waals surface area contributed by atoms with Gasteiger partial charge in [0.2, 0.25) is 0 Å². The van der Waals surface area contributed by atoms with Crippen molar-refractivity contribution < 1.29 is 36.6 Å². The van der Waals surface area contributed by atoms with Gasteiger partial charge in [0.25, 0.3) is 5.91 Å². The first-order chi connectivity index (χ1) is 14.3. The van der Waals surface area contributed by atoms with E-state index in [9.17, 15) is 22.4 Å². The lowest BCUT2D eigenvalue weighted by atomic mass is 10.3. The molecule has 30 heavy (non-hydrogen) atoms. The molecule has 1 atom stereocenters. The summed E-state index contributed by atoms with van der Waals surface area (Å²) in [4.78, 5) is 24.1. The fourth-order valence-corrected chi connectivity index (χ4v) is 3.89. The molecule has 8 nitrogen and oxygen atoms in total. The lowest BCUT2D eigenvalue weighted by Crippen LogP contribution is -2.30. The minimum Gasteiger partial charge on any atom is -0.486 e. The Kier molecular flexibility index (Phi) is 6.56. The average molecular weight is 437 g/mol. The zero-order valence-corrected chi connectivity index (χ0v) is 16.9. The van der Waals surface area contributed by atoms with Crippen LogP contribution in [0.25, 0.3) is 0 Å². The highest BCUT2D eigenvalue weighted by molar-refractivity contribution is 7.91. The van der Waals surface area contributed by atoms with Crippen LogP contribution in [0.4, 0.5) is 10.1 Å². The number of esters is 1. The number of para-hydroxylation sites is 1. The molecule has 1 unspecified atom stereocenters. The summed E-state index contributed by atoms with van der Waals surface area (Å²) in [6.45, 7) is 2.01. The van der Waals surface area contributed by atoms with E-state index in [2.05, 4.69) is 5.32 Å². The summed E-state index contributed by atoms with van der Waals surface area (Å²) in [6, 6.07) is 9.76. The number of halogens is 1. The highest BCUT2D eigenvalue weighted by Crippen LogP contribution is 2.32. The number of carbonyl (C=O) groups excluding carboxylic acids is 2. The number of benzene rings is 2. The van der Waals surface area contributed by atoms with Crippen molar-refractivity contribution in [2.45, 2.75) is 24.3 Å². The number of fused-ring (bicyclic) bond motifs is 1. The van der Waals surface area contributed by atoms with E-state index in [0.29, 0.717) is 24.7 Å². The molecule has 1 amide bonds. The second kappa shape index (κ2) is 9.12. The Morgan fingerprint density at radius 2 is 1.83 bits per heavy atom. The molecule has 10 heteroatoms. The van der Waals surface area contributed by atoms with Gasteiger partial charge in [-0.3, -0.25) is 9.59 Å². The molecule has 1 N–H and O–H groups in total. The predicted octanol–water partition coefficient (Wildman–Crippen LogP) is 2.33. The molecule has 0 radical (unpaired) electrons. The second-order valence-electron chi connectivity index (χ2n) is 6.48. The van der Waals surface area contributed by atoms with E-state index < -0.39 is 45.8 Å². The number of sulfone groups is 1. The molecule has 1 aliphatic heterocycles. The van der Waals surface area contributed by atoms with Gasteiger partial charge in [-0.05, 0) is 31.2 Å². The van der Waals surface area contributed by atoms with Crippen LogP contribution in [0.15, 0.2) is 47.4 Å². The summed E-state index contributed by atoms with van der Waals surface area (Å²) in [5.41, 5.74) is -0.0495. The molecular formula is C20H20FNO7S. The molecule has 0 bridgehead atoms. The molecule has 1 heterocycles. The minimum atomic E-state index is -3.79.